The number of rotatable bonds is 2. The van der Waals surface area contributed by atoms with Gasteiger partial charge in [0.05, 0.1) is 18.3 Å². The molecule has 0 radical (unpaired) electrons. The van der Waals surface area contributed by atoms with Gasteiger partial charge in [0, 0.05) is 43.2 Å². The molecule has 136 valence electrons. The molecule has 1 spiro atoms. The Morgan fingerprint density at radius 3 is 2.76 bits per heavy atom. The number of hydrogen-bond donors (Lipinski definition) is 1. The van der Waals surface area contributed by atoms with Gasteiger partial charge < -0.3 is 19.7 Å². The van der Waals surface area contributed by atoms with Crippen molar-refractivity contribution in [2.24, 2.45) is 5.41 Å². The third kappa shape index (κ3) is 3.32. The Hall–Kier alpha value is -1.82. The Kier molecular flexibility index (Phi) is 3.90. The number of fused-ring (bicyclic) bond motifs is 1. The summed E-state index contributed by atoms with van der Waals surface area (Å²) in [6.45, 7) is 9.05. The molecule has 0 bridgehead atoms. The van der Waals surface area contributed by atoms with Gasteiger partial charge in [0.15, 0.2) is 0 Å². The summed E-state index contributed by atoms with van der Waals surface area (Å²) in [4.78, 5) is 18.6. The van der Waals surface area contributed by atoms with Crippen LogP contribution in [0.1, 0.15) is 44.9 Å². The normalized spacial score (nSPS) is 22.0. The topological polar surface area (TPSA) is 63.7 Å². The van der Waals surface area contributed by atoms with Crippen molar-refractivity contribution in [1.82, 2.24) is 15.2 Å². The molecule has 0 unspecified atom stereocenters. The van der Waals surface area contributed by atoms with Crippen LogP contribution in [0.25, 0.3) is 0 Å². The summed E-state index contributed by atoms with van der Waals surface area (Å²) >= 11 is 0. The Balaban J connectivity index is 1.44. The van der Waals surface area contributed by atoms with Gasteiger partial charge in [-0.25, -0.2) is 4.79 Å². The van der Waals surface area contributed by atoms with Crippen molar-refractivity contribution < 1.29 is 14.3 Å². The molecule has 0 aromatic carbocycles. The Morgan fingerprint density at radius 1 is 1.36 bits per heavy atom. The van der Waals surface area contributed by atoms with Crippen LogP contribution >= 0.6 is 0 Å². The molecule has 0 atom stereocenters. The van der Waals surface area contributed by atoms with Crippen LogP contribution in [-0.4, -0.2) is 47.3 Å². The first-order chi connectivity index (χ1) is 11.8. The van der Waals surface area contributed by atoms with Gasteiger partial charge >= 0.3 is 6.09 Å². The lowest BCUT2D eigenvalue weighted by Gasteiger charge is -2.53. The SMILES string of the molecule is CC(C)(C)OC(=O)N1CCc2nccc(OC3CC4(CNC4)C3)c2C1. The highest BCUT2D eigenvalue weighted by Crippen LogP contribution is 2.46. The van der Waals surface area contributed by atoms with Gasteiger partial charge in [-0.3, -0.25) is 4.98 Å². The van der Waals surface area contributed by atoms with Crippen LogP contribution < -0.4 is 10.1 Å². The van der Waals surface area contributed by atoms with Gasteiger partial charge in [-0.2, -0.15) is 0 Å². The molecule has 1 N–H and O–H groups in total. The van der Waals surface area contributed by atoms with Crippen LogP contribution in [0.5, 0.6) is 5.75 Å². The molecule has 1 saturated heterocycles. The van der Waals surface area contributed by atoms with Crippen molar-refractivity contribution in [3.63, 3.8) is 0 Å². The van der Waals surface area contributed by atoms with Crippen LogP contribution in [-0.2, 0) is 17.7 Å². The zero-order valence-electron chi connectivity index (χ0n) is 15.3. The van der Waals surface area contributed by atoms with Gasteiger partial charge in [-0.05, 0) is 39.7 Å². The number of ether oxygens (including phenoxy) is 2. The number of pyridine rings is 1. The van der Waals surface area contributed by atoms with E-state index >= 15 is 0 Å². The van der Waals surface area contributed by atoms with E-state index in [4.69, 9.17) is 9.47 Å². The van der Waals surface area contributed by atoms with Crippen molar-refractivity contribution in [3.05, 3.63) is 23.5 Å². The molecule has 3 heterocycles. The highest BCUT2D eigenvalue weighted by molar-refractivity contribution is 5.68. The van der Waals surface area contributed by atoms with E-state index in [-0.39, 0.29) is 12.2 Å². The fraction of sp³-hybridized carbons (Fsp3) is 0.684. The van der Waals surface area contributed by atoms with E-state index in [0.717, 1.165) is 49.4 Å². The Bertz CT molecular complexity index is 671. The van der Waals surface area contributed by atoms with Gasteiger partial charge in [-0.1, -0.05) is 0 Å². The highest BCUT2D eigenvalue weighted by Gasteiger charge is 2.49. The minimum Gasteiger partial charge on any atom is -0.490 e. The molecule has 1 amide bonds. The summed E-state index contributed by atoms with van der Waals surface area (Å²) in [6.07, 6.45) is 4.81. The fourth-order valence-corrected chi connectivity index (χ4v) is 3.94. The second-order valence-corrected chi connectivity index (χ2v) is 8.64. The maximum Gasteiger partial charge on any atom is 0.410 e. The predicted octanol–water partition coefficient (Wildman–Crippen LogP) is 2.51. The largest absolute Gasteiger partial charge is 0.490 e. The van der Waals surface area contributed by atoms with Crippen molar-refractivity contribution in [2.45, 2.75) is 58.3 Å². The second-order valence-electron chi connectivity index (χ2n) is 8.64. The van der Waals surface area contributed by atoms with E-state index in [9.17, 15) is 4.79 Å². The monoisotopic (exact) mass is 345 g/mol. The van der Waals surface area contributed by atoms with Crippen molar-refractivity contribution in [3.8, 4) is 5.75 Å². The summed E-state index contributed by atoms with van der Waals surface area (Å²) in [5.74, 6) is 0.880. The van der Waals surface area contributed by atoms with Crippen molar-refractivity contribution in [2.75, 3.05) is 19.6 Å². The van der Waals surface area contributed by atoms with Gasteiger partial charge in [0.1, 0.15) is 11.4 Å². The third-order valence-electron chi connectivity index (χ3n) is 5.34. The first-order valence-corrected chi connectivity index (χ1v) is 9.16. The average molecular weight is 345 g/mol. The van der Waals surface area contributed by atoms with E-state index in [0.29, 0.717) is 18.5 Å². The fourth-order valence-electron chi connectivity index (χ4n) is 3.94. The first kappa shape index (κ1) is 16.6. The molecule has 1 aromatic heterocycles. The lowest BCUT2D eigenvalue weighted by atomic mass is 9.63. The molecule has 6 heteroatoms. The number of nitrogens with zero attached hydrogens (tertiary/aromatic N) is 2. The standard InChI is InChI=1S/C19H27N3O3/c1-18(2,3)25-17(23)22-7-5-15-14(10-22)16(4-6-21-15)24-13-8-19(9-13)11-20-12-19/h4,6,13,20H,5,7-12H2,1-3H3. The average Bonchev–Trinajstić information content (AvgIpc) is 2.46. The second kappa shape index (κ2) is 5.87. The molecule has 2 fully saturated rings. The molecule has 25 heavy (non-hydrogen) atoms. The highest BCUT2D eigenvalue weighted by atomic mass is 16.6. The molecule has 1 saturated carbocycles. The minimum atomic E-state index is -0.483. The molecule has 2 aliphatic heterocycles. The minimum absolute atomic E-state index is 0.268. The van der Waals surface area contributed by atoms with E-state index < -0.39 is 5.60 Å². The molecule has 3 aliphatic rings. The van der Waals surface area contributed by atoms with E-state index in [2.05, 4.69) is 10.3 Å². The van der Waals surface area contributed by atoms with Gasteiger partial charge in [-0.15, -0.1) is 0 Å². The summed E-state index contributed by atoms with van der Waals surface area (Å²) in [6, 6.07) is 1.93. The predicted molar refractivity (Wildman–Crippen MR) is 93.5 cm³/mol. The lowest BCUT2D eigenvalue weighted by molar-refractivity contribution is -0.0502. The smallest absolute Gasteiger partial charge is 0.410 e. The summed E-state index contributed by atoms with van der Waals surface area (Å²) in [5, 5.41) is 3.35. The maximum atomic E-state index is 12.4. The Labute approximate surface area is 148 Å². The zero-order valence-corrected chi connectivity index (χ0v) is 15.3. The van der Waals surface area contributed by atoms with Gasteiger partial charge in [0.2, 0.25) is 0 Å². The number of hydrogen-bond acceptors (Lipinski definition) is 5. The van der Waals surface area contributed by atoms with Crippen molar-refractivity contribution >= 4 is 6.09 Å². The molecule has 4 rings (SSSR count). The third-order valence-corrected chi connectivity index (χ3v) is 5.34. The summed E-state index contributed by atoms with van der Waals surface area (Å²) < 4.78 is 11.8. The van der Waals surface area contributed by atoms with Crippen LogP contribution in [0.3, 0.4) is 0 Å². The van der Waals surface area contributed by atoms with Crippen LogP contribution in [0, 0.1) is 5.41 Å². The number of nitrogens with one attached hydrogen (secondary N) is 1. The summed E-state index contributed by atoms with van der Waals surface area (Å²) in [5.41, 5.74) is 2.08. The number of carbonyl (C=O) groups is 1. The zero-order chi connectivity index (χ0) is 17.7. The molecule has 1 aliphatic carbocycles. The Morgan fingerprint density at radius 2 is 2.12 bits per heavy atom. The lowest BCUT2D eigenvalue weighted by Crippen LogP contribution is -2.62. The van der Waals surface area contributed by atoms with Crippen molar-refractivity contribution in [1.29, 1.82) is 0 Å². The maximum absolute atomic E-state index is 12.4. The molecular weight excluding hydrogens is 318 g/mol. The van der Waals surface area contributed by atoms with E-state index in [1.807, 2.05) is 33.0 Å². The molecule has 1 aromatic rings. The quantitative estimate of drug-likeness (QED) is 0.892. The van der Waals surface area contributed by atoms with Crippen LogP contribution in [0.15, 0.2) is 12.3 Å². The number of carbonyl (C=O) groups excluding carboxylic acids is 1. The van der Waals surface area contributed by atoms with E-state index in [1.54, 1.807) is 4.90 Å². The first-order valence-electron chi connectivity index (χ1n) is 9.16. The molecule has 6 nitrogen and oxygen atoms in total. The van der Waals surface area contributed by atoms with Crippen LogP contribution in [0.2, 0.25) is 0 Å². The molecular formula is C19H27N3O3. The van der Waals surface area contributed by atoms with Gasteiger partial charge in [0.25, 0.3) is 0 Å². The number of amides is 1. The van der Waals surface area contributed by atoms with E-state index in [1.165, 1.54) is 0 Å². The summed E-state index contributed by atoms with van der Waals surface area (Å²) in [7, 11) is 0. The number of aromatic nitrogens is 1. The van der Waals surface area contributed by atoms with Crippen LogP contribution in [0.4, 0.5) is 4.79 Å².